The molecule has 1 aromatic carbocycles. The molecule has 0 amide bonds. The van der Waals surface area contributed by atoms with Crippen molar-refractivity contribution in [1.29, 1.82) is 0 Å². The second-order valence-electron chi connectivity index (χ2n) is 5.65. The van der Waals surface area contributed by atoms with Crippen LogP contribution in [0.5, 0.6) is 0 Å². The summed E-state index contributed by atoms with van der Waals surface area (Å²) in [5.74, 6) is 1.69. The third-order valence-electron chi connectivity index (χ3n) is 4.18. The van der Waals surface area contributed by atoms with Gasteiger partial charge in [0.25, 0.3) is 0 Å². The Morgan fingerprint density at radius 2 is 1.75 bits per heavy atom. The fourth-order valence-electron chi connectivity index (χ4n) is 2.79. The van der Waals surface area contributed by atoms with Crippen LogP contribution in [0.1, 0.15) is 51.5 Å². The predicted molar refractivity (Wildman–Crippen MR) is 92.5 cm³/mol. The quantitative estimate of drug-likeness (QED) is 0.442. The van der Waals surface area contributed by atoms with Crippen LogP contribution in [0.15, 0.2) is 24.3 Å². The number of benzene rings is 1. The Balaban J connectivity index is 2.99. The Morgan fingerprint density at radius 3 is 2.25 bits per heavy atom. The largest absolute Gasteiger partial charge is 0.126 e. The number of hydrogen-bond donors (Lipinski definition) is 0. The lowest BCUT2D eigenvalue weighted by atomic mass is 9.74. The molecule has 0 N–H and O–H groups in total. The van der Waals surface area contributed by atoms with Gasteiger partial charge in [0.1, 0.15) is 0 Å². The van der Waals surface area contributed by atoms with Gasteiger partial charge in [0, 0.05) is 22.2 Å². The molecule has 1 aromatic rings. The third-order valence-corrected chi connectivity index (χ3v) is 5.53. The van der Waals surface area contributed by atoms with Crippen LogP contribution < -0.4 is 0 Å². The molecule has 0 aromatic heterocycles. The highest BCUT2D eigenvalue weighted by Crippen LogP contribution is 2.39. The second-order valence-corrected chi connectivity index (χ2v) is 6.59. The van der Waals surface area contributed by atoms with Gasteiger partial charge < -0.3 is 0 Å². The van der Waals surface area contributed by atoms with E-state index in [2.05, 4.69) is 19.9 Å². The Labute approximate surface area is 138 Å². The van der Waals surface area contributed by atoms with Crippen molar-refractivity contribution < 1.29 is 0 Å². The maximum Gasteiger partial charge on any atom is 0.0444 e. The summed E-state index contributed by atoms with van der Waals surface area (Å²) >= 11 is 19.0. The van der Waals surface area contributed by atoms with Crippen molar-refractivity contribution in [3.63, 3.8) is 0 Å². The molecule has 0 fully saturated rings. The van der Waals surface area contributed by atoms with E-state index in [9.17, 15) is 0 Å². The van der Waals surface area contributed by atoms with Gasteiger partial charge in [-0.1, -0.05) is 69.3 Å². The zero-order valence-corrected chi connectivity index (χ0v) is 14.7. The molecule has 114 valence electrons. The van der Waals surface area contributed by atoms with Crippen molar-refractivity contribution in [3.8, 4) is 0 Å². The molecule has 0 nitrogen and oxygen atoms in total. The molecule has 1 unspecified atom stereocenters. The van der Waals surface area contributed by atoms with E-state index >= 15 is 0 Å². The number of rotatable bonds is 9. The molecule has 1 atom stereocenters. The van der Waals surface area contributed by atoms with Gasteiger partial charge in [0.2, 0.25) is 0 Å². The minimum atomic E-state index is -0.212. The summed E-state index contributed by atoms with van der Waals surface area (Å²) in [4.78, 5) is 0. The molecule has 0 saturated heterocycles. The fourth-order valence-corrected chi connectivity index (χ4v) is 3.91. The van der Waals surface area contributed by atoms with Gasteiger partial charge in [-0.3, -0.25) is 0 Å². The Morgan fingerprint density at radius 1 is 1.10 bits per heavy atom. The van der Waals surface area contributed by atoms with E-state index in [0.717, 1.165) is 17.0 Å². The minimum absolute atomic E-state index is 0.212. The first kappa shape index (κ1) is 18.1. The lowest BCUT2D eigenvalue weighted by Gasteiger charge is -2.34. The number of halogens is 3. The van der Waals surface area contributed by atoms with Crippen LogP contribution in [0.4, 0.5) is 0 Å². The van der Waals surface area contributed by atoms with Gasteiger partial charge >= 0.3 is 0 Å². The highest BCUT2D eigenvalue weighted by Gasteiger charge is 2.34. The van der Waals surface area contributed by atoms with Crippen molar-refractivity contribution >= 4 is 34.8 Å². The molecular formula is C17H25Cl3. The van der Waals surface area contributed by atoms with E-state index in [4.69, 9.17) is 34.8 Å². The summed E-state index contributed by atoms with van der Waals surface area (Å²) < 4.78 is 0. The van der Waals surface area contributed by atoms with Gasteiger partial charge in [-0.2, -0.15) is 0 Å². The molecule has 0 aliphatic rings. The first-order chi connectivity index (χ1) is 9.63. The van der Waals surface area contributed by atoms with E-state index in [0.29, 0.717) is 17.7 Å². The predicted octanol–water partition coefficient (Wildman–Crippen LogP) is 6.66. The van der Waals surface area contributed by atoms with Crippen LogP contribution >= 0.6 is 34.8 Å². The normalized spacial score (nSPS) is 13.4. The smallest absolute Gasteiger partial charge is 0.0444 e. The number of alkyl halides is 2. The van der Waals surface area contributed by atoms with E-state index in [-0.39, 0.29) is 5.41 Å². The first-order valence-electron chi connectivity index (χ1n) is 7.50. The van der Waals surface area contributed by atoms with Crippen molar-refractivity contribution in [2.45, 2.75) is 51.4 Å². The van der Waals surface area contributed by atoms with Crippen LogP contribution in [-0.4, -0.2) is 11.8 Å². The summed E-state index contributed by atoms with van der Waals surface area (Å²) in [6, 6.07) is 7.97. The first-order valence-corrected chi connectivity index (χ1v) is 8.95. The molecule has 3 heteroatoms. The van der Waals surface area contributed by atoms with Crippen molar-refractivity contribution in [2.75, 3.05) is 11.8 Å². The van der Waals surface area contributed by atoms with Crippen LogP contribution in [0.2, 0.25) is 5.02 Å². The molecule has 0 bridgehead atoms. The molecule has 0 radical (unpaired) electrons. The average molecular weight is 336 g/mol. The standard InChI is InChI=1S/C17H25Cl3/c1-3-5-8-14(4-2)11-17(12-18,13-19)15-9-6-7-10-16(15)20/h6-7,9-10,14H,3-5,8,11-13H2,1-2H3. The summed E-state index contributed by atoms with van der Waals surface area (Å²) in [5.41, 5.74) is 0.886. The summed E-state index contributed by atoms with van der Waals surface area (Å²) in [6.07, 6.45) is 5.92. The molecule has 0 heterocycles. The molecule has 0 aliphatic carbocycles. The minimum Gasteiger partial charge on any atom is -0.126 e. The van der Waals surface area contributed by atoms with Crippen molar-refractivity contribution in [2.24, 2.45) is 5.92 Å². The molecule has 20 heavy (non-hydrogen) atoms. The van der Waals surface area contributed by atoms with Gasteiger partial charge in [-0.25, -0.2) is 0 Å². The van der Waals surface area contributed by atoms with Crippen LogP contribution in [0, 0.1) is 5.92 Å². The van der Waals surface area contributed by atoms with Crippen LogP contribution in [-0.2, 0) is 5.41 Å². The van der Waals surface area contributed by atoms with Gasteiger partial charge in [-0.05, 0) is 24.0 Å². The highest BCUT2D eigenvalue weighted by atomic mass is 35.5. The zero-order chi connectivity index (χ0) is 15.0. The van der Waals surface area contributed by atoms with Crippen molar-refractivity contribution in [3.05, 3.63) is 34.9 Å². The summed E-state index contributed by atoms with van der Waals surface area (Å²) in [6.45, 7) is 4.48. The van der Waals surface area contributed by atoms with E-state index in [1.807, 2.05) is 18.2 Å². The zero-order valence-electron chi connectivity index (χ0n) is 12.5. The number of unbranched alkanes of at least 4 members (excludes halogenated alkanes) is 1. The third kappa shape index (κ3) is 4.55. The lowest BCUT2D eigenvalue weighted by molar-refractivity contribution is 0.333. The van der Waals surface area contributed by atoms with E-state index in [1.54, 1.807) is 0 Å². The topological polar surface area (TPSA) is 0 Å². The van der Waals surface area contributed by atoms with Crippen molar-refractivity contribution in [1.82, 2.24) is 0 Å². The van der Waals surface area contributed by atoms with Gasteiger partial charge in [0.05, 0.1) is 0 Å². The molecule has 0 saturated carbocycles. The monoisotopic (exact) mass is 334 g/mol. The molecule has 1 rings (SSSR count). The lowest BCUT2D eigenvalue weighted by Crippen LogP contribution is -2.33. The SMILES string of the molecule is CCCCC(CC)CC(CCl)(CCl)c1ccccc1Cl. The second kappa shape index (κ2) is 9.18. The van der Waals surface area contributed by atoms with Gasteiger partial charge in [0.15, 0.2) is 0 Å². The molecule has 0 spiro atoms. The highest BCUT2D eigenvalue weighted by molar-refractivity contribution is 6.32. The van der Waals surface area contributed by atoms with Crippen LogP contribution in [0.3, 0.4) is 0 Å². The maximum absolute atomic E-state index is 6.38. The fraction of sp³-hybridized carbons (Fsp3) is 0.647. The molecule has 0 aliphatic heterocycles. The summed E-state index contributed by atoms with van der Waals surface area (Å²) in [7, 11) is 0. The van der Waals surface area contributed by atoms with E-state index < -0.39 is 0 Å². The molecular weight excluding hydrogens is 311 g/mol. The maximum atomic E-state index is 6.38. The van der Waals surface area contributed by atoms with Crippen LogP contribution in [0.25, 0.3) is 0 Å². The van der Waals surface area contributed by atoms with E-state index in [1.165, 1.54) is 25.7 Å². The van der Waals surface area contributed by atoms with Gasteiger partial charge in [-0.15, -0.1) is 23.2 Å². The Kier molecular flexibility index (Phi) is 8.32. The average Bonchev–Trinajstić information content (AvgIpc) is 2.49. The Hall–Kier alpha value is 0.0900. The number of hydrogen-bond acceptors (Lipinski definition) is 0. The summed E-state index contributed by atoms with van der Waals surface area (Å²) in [5, 5.41) is 0.777. The Bertz CT molecular complexity index is 386.